The molecule has 13 aromatic rings. The Labute approximate surface area is 355 Å². The van der Waals surface area contributed by atoms with Gasteiger partial charge in [-0.15, -0.1) is 0 Å². The van der Waals surface area contributed by atoms with Crippen molar-refractivity contribution in [3.05, 3.63) is 206 Å². The normalized spacial score (nSPS) is 11.9. The quantitative estimate of drug-likeness (QED) is 0.174. The highest BCUT2D eigenvalue weighted by atomic mass is 16.3. The van der Waals surface area contributed by atoms with Gasteiger partial charge in [-0.2, -0.15) is 9.97 Å². The van der Waals surface area contributed by atoms with Crippen LogP contribution in [0, 0.1) is 0 Å². The van der Waals surface area contributed by atoms with Gasteiger partial charge in [-0.1, -0.05) is 182 Å². The Morgan fingerprint density at radius 1 is 0.355 bits per heavy atom. The molecule has 0 spiro atoms. The van der Waals surface area contributed by atoms with Gasteiger partial charge in [0.1, 0.15) is 11.2 Å². The number of benzene rings is 10. The van der Waals surface area contributed by atoms with Crippen LogP contribution in [0.15, 0.2) is 211 Å². The molecule has 288 valence electrons. The van der Waals surface area contributed by atoms with Gasteiger partial charge < -0.3 is 4.42 Å². The number of rotatable bonds is 5. The third kappa shape index (κ3) is 5.32. The van der Waals surface area contributed by atoms with E-state index in [1.165, 1.54) is 27.3 Å². The molecule has 13 rings (SSSR count). The van der Waals surface area contributed by atoms with Crippen LogP contribution >= 0.6 is 0 Å². The van der Waals surface area contributed by atoms with Crippen LogP contribution in [-0.2, 0) is 0 Å². The summed E-state index contributed by atoms with van der Waals surface area (Å²) in [5, 5.41) is 11.1. The van der Waals surface area contributed by atoms with Crippen LogP contribution in [-0.4, -0.2) is 19.5 Å². The summed E-state index contributed by atoms with van der Waals surface area (Å²) in [4.78, 5) is 16.4. The Hall–Kier alpha value is -8.41. The molecule has 0 aliphatic heterocycles. The molecule has 3 aromatic heterocycles. The van der Waals surface area contributed by atoms with Gasteiger partial charge in [-0.3, -0.25) is 4.57 Å². The van der Waals surface area contributed by atoms with E-state index in [4.69, 9.17) is 19.4 Å². The minimum absolute atomic E-state index is 0.545. The zero-order chi connectivity index (χ0) is 40.7. The van der Waals surface area contributed by atoms with Crippen LogP contribution in [0.5, 0.6) is 0 Å². The van der Waals surface area contributed by atoms with Gasteiger partial charge in [0, 0.05) is 43.4 Å². The molecule has 5 nitrogen and oxygen atoms in total. The zero-order valence-corrected chi connectivity index (χ0v) is 33.3. The first kappa shape index (κ1) is 34.5. The summed E-state index contributed by atoms with van der Waals surface area (Å²) in [6.07, 6.45) is 0. The fraction of sp³-hybridized carbons (Fsp3) is 0. The highest BCUT2D eigenvalue weighted by Gasteiger charge is 2.24. The lowest BCUT2D eigenvalue weighted by Gasteiger charge is -2.13. The lowest BCUT2D eigenvalue weighted by molar-refractivity contribution is 0.672. The van der Waals surface area contributed by atoms with Gasteiger partial charge in [0.2, 0.25) is 5.95 Å². The number of para-hydroxylation sites is 1. The number of aromatic nitrogens is 4. The summed E-state index contributed by atoms with van der Waals surface area (Å²) in [5.74, 6) is 1.70. The van der Waals surface area contributed by atoms with Crippen LogP contribution in [0.25, 0.3) is 127 Å². The first-order valence-corrected chi connectivity index (χ1v) is 20.9. The molecule has 0 N–H and O–H groups in total. The number of hydrogen-bond donors (Lipinski definition) is 0. The van der Waals surface area contributed by atoms with Crippen LogP contribution in [0.3, 0.4) is 0 Å². The maximum Gasteiger partial charge on any atom is 0.238 e. The lowest BCUT2D eigenvalue weighted by atomic mass is 9.99. The third-order valence-electron chi connectivity index (χ3n) is 12.4. The van der Waals surface area contributed by atoms with E-state index in [0.29, 0.717) is 17.6 Å². The number of hydrogen-bond acceptors (Lipinski definition) is 4. The van der Waals surface area contributed by atoms with Crippen molar-refractivity contribution in [1.82, 2.24) is 19.5 Å². The van der Waals surface area contributed by atoms with Gasteiger partial charge >= 0.3 is 0 Å². The van der Waals surface area contributed by atoms with Crippen molar-refractivity contribution in [3.63, 3.8) is 0 Å². The Bertz CT molecular complexity index is 3920. The minimum atomic E-state index is 0.545. The topological polar surface area (TPSA) is 56.7 Å². The predicted octanol–water partition coefficient (Wildman–Crippen LogP) is 15.0. The second kappa shape index (κ2) is 13.6. The maximum absolute atomic E-state index is 6.67. The smallest absolute Gasteiger partial charge is 0.238 e. The summed E-state index contributed by atoms with van der Waals surface area (Å²) < 4.78 is 8.93. The number of fused-ring (bicyclic) bond motifs is 12. The van der Waals surface area contributed by atoms with Gasteiger partial charge in [0.15, 0.2) is 11.6 Å². The van der Waals surface area contributed by atoms with Crippen molar-refractivity contribution < 1.29 is 4.42 Å². The molecule has 62 heavy (non-hydrogen) atoms. The minimum Gasteiger partial charge on any atom is -0.455 e. The van der Waals surface area contributed by atoms with Crippen molar-refractivity contribution in [3.8, 4) is 51.0 Å². The van der Waals surface area contributed by atoms with E-state index in [2.05, 4.69) is 193 Å². The van der Waals surface area contributed by atoms with E-state index in [1.54, 1.807) is 0 Å². The zero-order valence-electron chi connectivity index (χ0n) is 33.3. The van der Waals surface area contributed by atoms with E-state index in [1.807, 2.05) is 18.2 Å². The Kier molecular flexibility index (Phi) is 7.54. The first-order chi connectivity index (χ1) is 30.7. The molecule has 3 heterocycles. The maximum atomic E-state index is 6.67. The first-order valence-electron chi connectivity index (χ1n) is 20.9. The van der Waals surface area contributed by atoms with E-state index in [9.17, 15) is 0 Å². The SMILES string of the molecule is c1ccc(-c2ccc(-c3cccc(-c4nc(-c5cc6ccccc6c6oc7ccccc7c56)nc(-n5c6ccc7ccccc7c6c6ccc7ccccc7c65)n4)c3)cc2)cc1. The summed E-state index contributed by atoms with van der Waals surface area (Å²) >= 11 is 0. The number of nitrogens with zero attached hydrogens (tertiary/aromatic N) is 4. The average molecular weight is 791 g/mol. The average Bonchev–Trinajstić information content (AvgIpc) is 3.91. The standard InChI is InChI=1S/C57H34N4O/c1-2-13-35(14-3-1)36-25-27-37(28-26-36)40-18-12-19-42(33-40)55-58-56(48-34-41-17-6-9-22-45(41)54-52(48)46-23-10-11-24-50(46)62-54)60-57(59-55)61-49-32-30-38-15-4-7-20-43(38)51(49)47-31-29-39-16-5-8-21-44(39)53(47)61/h1-34H. The van der Waals surface area contributed by atoms with Crippen LogP contribution < -0.4 is 0 Å². The molecular weight excluding hydrogens is 757 g/mol. The van der Waals surface area contributed by atoms with Gasteiger partial charge in [-0.25, -0.2) is 4.98 Å². The molecule has 10 aromatic carbocycles. The molecule has 5 heteroatoms. The molecule has 0 atom stereocenters. The van der Waals surface area contributed by atoms with E-state index in [0.717, 1.165) is 82.2 Å². The highest BCUT2D eigenvalue weighted by molar-refractivity contribution is 6.26. The molecule has 0 unspecified atom stereocenters. The molecule has 0 amide bonds. The molecule has 0 bridgehead atoms. The summed E-state index contributed by atoms with van der Waals surface area (Å²) in [6, 6.07) is 72.7. The third-order valence-corrected chi connectivity index (χ3v) is 12.4. The van der Waals surface area contributed by atoms with Gasteiger partial charge in [0.05, 0.1) is 11.0 Å². The molecule has 0 aliphatic rings. The summed E-state index contributed by atoms with van der Waals surface area (Å²) in [5.41, 5.74) is 10.1. The monoisotopic (exact) mass is 790 g/mol. The van der Waals surface area contributed by atoms with Gasteiger partial charge in [-0.05, 0) is 68.1 Å². The van der Waals surface area contributed by atoms with Crippen molar-refractivity contribution in [2.24, 2.45) is 0 Å². The fourth-order valence-corrected chi connectivity index (χ4v) is 9.53. The van der Waals surface area contributed by atoms with Crippen molar-refractivity contribution >= 4 is 76.1 Å². The Morgan fingerprint density at radius 3 is 1.77 bits per heavy atom. The highest BCUT2D eigenvalue weighted by Crippen LogP contribution is 2.43. The lowest BCUT2D eigenvalue weighted by Crippen LogP contribution is -2.07. The predicted molar refractivity (Wildman–Crippen MR) is 256 cm³/mol. The number of furan rings is 1. The summed E-state index contributed by atoms with van der Waals surface area (Å²) in [6.45, 7) is 0. The molecule has 0 radical (unpaired) electrons. The Morgan fingerprint density at radius 2 is 0.952 bits per heavy atom. The van der Waals surface area contributed by atoms with Crippen molar-refractivity contribution in [1.29, 1.82) is 0 Å². The van der Waals surface area contributed by atoms with E-state index in [-0.39, 0.29) is 0 Å². The molecule has 0 fully saturated rings. The van der Waals surface area contributed by atoms with Crippen LogP contribution in [0.1, 0.15) is 0 Å². The van der Waals surface area contributed by atoms with Crippen LogP contribution in [0.4, 0.5) is 0 Å². The Balaban J connectivity index is 1.11. The van der Waals surface area contributed by atoms with Gasteiger partial charge in [0.25, 0.3) is 0 Å². The molecule has 0 saturated heterocycles. The van der Waals surface area contributed by atoms with E-state index < -0.39 is 0 Å². The van der Waals surface area contributed by atoms with Crippen LogP contribution in [0.2, 0.25) is 0 Å². The van der Waals surface area contributed by atoms with Crippen molar-refractivity contribution in [2.45, 2.75) is 0 Å². The van der Waals surface area contributed by atoms with Crippen molar-refractivity contribution in [2.75, 3.05) is 0 Å². The molecule has 0 aliphatic carbocycles. The second-order valence-corrected chi connectivity index (χ2v) is 16.0. The summed E-state index contributed by atoms with van der Waals surface area (Å²) in [7, 11) is 0. The largest absolute Gasteiger partial charge is 0.455 e. The molecule has 0 saturated carbocycles. The fourth-order valence-electron chi connectivity index (χ4n) is 9.53. The van der Waals surface area contributed by atoms with E-state index >= 15 is 0 Å². The second-order valence-electron chi connectivity index (χ2n) is 16.0. The molecular formula is C57H34N4O.